The number of hydrogen-bond acceptors (Lipinski definition) is 2. The highest BCUT2D eigenvalue weighted by Gasteiger charge is 2.60. The standard InChI is InChI=1S/C21H36O3/c1-13(2)16-10-14-6-7-18-20(3,17(14)11-15(16)12-22)8-5-9-21(18,4)19(23)24/h13-18,22H,5-12H2,1-4H3,(H,23,24)/t14-,15-,16-,17-,18-,20-,21-/m1/s1. The van der Waals surface area contributed by atoms with Crippen LogP contribution in [0.3, 0.4) is 0 Å². The molecule has 3 nitrogen and oxygen atoms in total. The van der Waals surface area contributed by atoms with Gasteiger partial charge >= 0.3 is 5.97 Å². The average Bonchev–Trinajstić information content (AvgIpc) is 2.53. The molecule has 0 aromatic heterocycles. The largest absolute Gasteiger partial charge is 0.481 e. The maximum Gasteiger partial charge on any atom is 0.309 e. The molecule has 0 bridgehead atoms. The van der Waals surface area contributed by atoms with Crippen molar-refractivity contribution in [1.29, 1.82) is 0 Å². The van der Waals surface area contributed by atoms with Gasteiger partial charge in [-0.25, -0.2) is 0 Å². The molecule has 3 fully saturated rings. The quantitative estimate of drug-likeness (QED) is 0.793. The molecule has 0 unspecified atom stereocenters. The highest BCUT2D eigenvalue weighted by Crippen LogP contribution is 2.65. The lowest BCUT2D eigenvalue weighted by Gasteiger charge is -2.61. The molecule has 3 rings (SSSR count). The van der Waals surface area contributed by atoms with E-state index in [9.17, 15) is 15.0 Å². The third-order valence-electron chi connectivity index (χ3n) is 8.54. The number of rotatable bonds is 3. The van der Waals surface area contributed by atoms with Gasteiger partial charge in [0, 0.05) is 6.61 Å². The molecule has 0 amide bonds. The summed E-state index contributed by atoms with van der Waals surface area (Å²) in [6.45, 7) is 9.27. The number of aliphatic hydroxyl groups excluding tert-OH is 1. The molecule has 0 saturated heterocycles. The Morgan fingerprint density at radius 2 is 1.88 bits per heavy atom. The fourth-order valence-corrected chi connectivity index (χ4v) is 7.19. The second kappa shape index (κ2) is 6.30. The van der Waals surface area contributed by atoms with Crippen molar-refractivity contribution in [2.24, 2.45) is 46.3 Å². The van der Waals surface area contributed by atoms with E-state index in [0.29, 0.717) is 36.2 Å². The van der Waals surface area contributed by atoms with Gasteiger partial charge in [-0.1, -0.05) is 27.2 Å². The van der Waals surface area contributed by atoms with E-state index in [-0.39, 0.29) is 5.41 Å². The molecule has 2 N–H and O–H groups in total. The van der Waals surface area contributed by atoms with Crippen LogP contribution in [0.1, 0.15) is 72.6 Å². The minimum Gasteiger partial charge on any atom is -0.481 e. The van der Waals surface area contributed by atoms with Crippen molar-refractivity contribution in [3.63, 3.8) is 0 Å². The zero-order valence-electron chi connectivity index (χ0n) is 15.9. The summed E-state index contributed by atoms with van der Waals surface area (Å²) in [6.07, 6.45) is 7.65. The molecule has 3 aliphatic rings. The monoisotopic (exact) mass is 336 g/mol. The predicted octanol–water partition coefficient (Wildman–Crippen LogP) is 4.58. The Labute approximate surface area is 147 Å². The zero-order chi connectivity index (χ0) is 17.7. The van der Waals surface area contributed by atoms with Crippen LogP contribution in [0.25, 0.3) is 0 Å². The summed E-state index contributed by atoms with van der Waals surface area (Å²) >= 11 is 0. The lowest BCUT2D eigenvalue weighted by molar-refractivity contribution is -0.176. The number of carboxylic acids is 1. The predicted molar refractivity (Wildman–Crippen MR) is 95.5 cm³/mol. The summed E-state index contributed by atoms with van der Waals surface area (Å²) in [7, 11) is 0. The molecule has 7 atom stereocenters. The van der Waals surface area contributed by atoms with Crippen LogP contribution in [0.4, 0.5) is 0 Å². The normalized spacial score (nSPS) is 48.7. The average molecular weight is 337 g/mol. The second-order valence-electron chi connectivity index (χ2n) is 9.90. The molecule has 3 saturated carbocycles. The van der Waals surface area contributed by atoms with E-state index in [0.717, 1.165) is 31.6 Å². The van der Waals surface area contributed by atoms with Gasteiger partial charge in [0.15, 0.2) is 0 Å². The summed E-state index contributed by atoms with van der Waals surface area (Å²) in [5.41, 5.74) is -0.411. The molecule has 24 heavy (non-hydrogen) atoms. The molecule has 3 heteroatoms. The Hall–Kier alpha value is -0.570. The van der Waals surface area contributed by atoms with Crippen LogP contribution in [-0.4, -0.2) is 22.8 Å². The van der Waals surface area contributed by atoms with Gasteiger partial charge in [0.1, 0.15) is 0 Å². The van der Waals surface area contributed by atoms with E-state index in [1.807, 2.05) is 6.92 Å². The summed E-state index contributed by atoms with van der Waals surface area (Å²) in [6, 6.07) is 0. The van der Waals surface area contributed by atoms with E-state index >= 15 is 0 Å². The molecule has 0 aromatic carbocycles. The molecule has 138 valence electrons. The first-order valence-electron chi connectivity index (χ1n) is 10.1. The number of carbonyl (C=O) groups is 1. The van der Waals surface area contributed by atoms with Gasteiger partial charge in [-0.2, -0.15) is 0 Å². The zero-order valence-corrected chi connectivity index (χ0v) is 15.9. The molecule has 0 aliphatic heterocycles. The summed E-state index contributed by atoms with van der Waals surface area (Å²) in [4.78, 5) is 12.1. The maximum absolute atomic E-state index is 12.1. The van der Waals surface area contributed by atoms with Gasteiger partial charge in [-0.05, 0) is 86.4 Å². The van der Waals surface area contributed by atoms with Crippen molar-refractivity contribution in [3.8, 4) is 0 Å². The number of hydrogen-bond donors (Lipinski definition) is 2. The molecule has 0 heterocycles. The summed E-state index contributed by atoms with van der Waals surface area (Å²) in [5.74, 6) is 2.70. The van der Waals surface area contributed by atoms with Crippen LogP contribution in [0, 0.1) is 46.3 Å². The second-order valence-corrected chi connectivity index (χ2v) is 9.90. The van der Waals surface area contributed by atoms with Gasteiger partial charge in [0.05, 0.1) is 5.41 Å². The van der Waals surface area contributed by atoms with Crippen molar-refractivity contribution in [3.05, 3.63) is 0 Å². The van der Waals surface area contributed by atoms with E-state index in [1.54, 1.807) is 0 Å². The van der Waals surface area contributed by atoms with Crippen LogP contribution >= 0.6 is 0 Å². The molecular formula is C21H36O3. The summed E-state index contributed by atoms with van der Waals surface area (Å²) < 4.78 is 0. The van der Waals surface area contributed by atoms with Gasteiger partial charge in [-0.15, -0.1) is 0 Å². The SMILES string of the molecule is CC(C)[C@H]1C[C@H]2CC[C@@H]3[C@](C)(CCC[C@@]3(C)C(=O)O)[C@@H]2C[C@@H]1CO. The third kappa shape index (κ3) is 2.62. The first kappa shape index (κ1) is 18.2. The van der Waals surface area contributed by atoms with Crippen LogP contribution in [0.5, 0.6) is 0 Å². The van der Waals surface area contributed by atoms with E-state index in [2.05, 4.69) is 20.8 Å². The number of aliphatic carboxylic acids is 1. The van der Waals surface area contributed by atoms with E-state index in [1.165, 1.54) is 19.3 Å². The fourth-order valence-electron chi connectivity index (χ4n) is 7.19. The van der Waals surface area contributed by atoms with Crippen LogP contribution in [0.15, 0.2) is 0 Å². The van der Waals surface area contributed by atoms with Crippen molar-refractivity contribution in [1.82, 2.24) is 0 Å². The number of carboxylic acid groups (broad SMARTS) is 1. The maximum atomic E-state index is 12.1. The lowest BCUT2D eigenvalue weighted by Crippen LogP contribution is -2.57. The first-order chi connectivity index (χ1) is 11.2. The van der Waals surface area contributed by atoms with Crippen LogP contribution in [-0.2, 0) is 4.79 Å². The lowest BCUT2D eigenvalue weighted by atomic mass is 9.43. The molecule has 0 spiro atoms. The van der Waals surface area contributed by atoms with Gasteiger partial charge in [0.2, 0.25) is 0 Å². The van der Waals surface area contributed by atoms with Gasteiger partial charge in [-0.3, -0.25) is 4.79 Å². The molecule has 0 aromatic rings. The summed E-state index contributed by atoms with van der Waals surface area (Å²) in [5, 5.41) is 19.9. The number of aliphatic hydroxyl groups is 1. The minimum atomic E-state index is -0.591. The minimum absolute atomic E-state index is 0.143. The Kier molecular flexibility index (Phi) is 4.79. The van der Waals surface area contributed by atoms with E-state index in [4.69, 9.17) is 0 Å². The Morgan fingerprint density at radius 3 is 2.46 bits per heavy atom. The Morgan fingerprint density at radius 1 is 1.17 bits per heavy atom. The van der Waals surface area contributed by atoms with Crippen molar-refractivity contribution in [2.45, 2.75) is 72.6 Å². The molecular weight excluding hydrogens is 300 g/mol. The highest BCUT2D eigenvalue weighted by atomic mass is 16.4. The Bertz CT molecular complexity index is 487. The number of fused-ring (bicyclic) bond motifs is 3. The molecule has 0 radical (unpaired) electrons. The first-order valence-corrected chi connectivity index (χ1v) is 10.1. The van der Waals surface area contributed by atoms with Gasteiger partial charge < -0.3 is 10.2 Å². The smallest absolute Gasteiger partial charge is 0.309 e. The fraction of sp³-hybridized carbons (Fsp3) is 0.952. The topological polar surface area (TPSA) is 57.5 Å². The van der Waals surface area contributed by atoms with Crippen molar-refractivity contribution < 1.29 is 15.0 Å². The Balaban J connectivity index is 1.90. The molecule has 3 aliphatic carbocycles. The van der Waals surface area contributed by atoms with Gasteiger partial charge in [0.25, 0.3) is 0 Å². The third-order valence-corrected chi connectivity index (χ3v) is 8.54. The van der Waals surface area contributed by atoms with Crippen LogP contribution < -0.4 is 0 Å². The van der Waals surface area contributed by atoms with Crippen molar-refractivity contribution in [2.75, 3.05) is 6.61 Å². The van der Waals surface area contributed by atoms with E-state index < -0.39 is 11.4 Å². The van der Waals surface area contributed by atoms with Crippen LogP contribution in [0.2, 0.25) is 0 Å². The van der Waals surface area contributed by atoms with Crippen molar-refractivity contribution >= 4 is 5.97 Å². The highest BCUT2D eigenvalue weighted by molar-refractivity contribution is 5.75.